The molecule has 2 rings (SSSR count). The number of hydrogen-bond donors (Lipinski definition) is 2. The zero-order chi connectivity index (χ0) is 17.0. The zero-order valence-electron chi connectivity index (χ0n) is 13.3. The Hall–Kier alpha value is -2.44. The van der Waals surface area contributed by atoms with Crippen LogP contribution in [0.3, 0.4) is 0 Å². The second-order valence-corrected chi connectivity index (χ2v) is 6.08. The molecule has 0 aliphatic heterocycles. The molecule has 2 N–H and O–H groups in total. The second-order valence-electron chi connectivity index (χ2n) is 6.08. The minimum atomic E-state index is -1.19. The van der Waals surface area contributed by atoms with E-state index in [1.165, 1.54) is 18.2 Å². The van der Waals surface area contributed by atoms with E-state index in [0.29, 0.717) is 0 Å². The summed E-state index contributed by atoms with van der Waals surface area (Å²) < 4.78 is 0. The fraction of sp³-hybridized carbons (Fsp3) is 0.500. The van der Waals surface area contributed by atoms with E-state index in [9.17, 15) is 14.4 Å². The molecule has 23 heavy (non-hydrogen) atoms. The van der Waals surface area contributed by atoms with Gasteiger partial charge < -0.3 is 15.3 Å². The van der Waals surface area contributed by atoms with Crippen molar-refractivity contribution >= 4 is 17.8 Å². The monoisotopic (exact) mass is 319 g/mol. The Morgan fingerprint density at radius 2 is 1.83 bits per heavy atom. The average Bonchev–Trinajstić information content (AvgIpc) is 3.01. The molecule has 2 amide bonds. The zero-order valence-corrected chi connectivity index (χ0v) is 13.3. The fourth-order valence-electron chi connectivity index (χ4n) is 3.01. The van der Waals surface area contributed by atoms with Gasteiger partial charge >= 0.3 is 5.97 Å². The normalized spacial score (nSPS) is 15.9. The van der Waals surface area contributed by atoms with Gasteiger partial charge in [0.2, 0.25) is 5.91 Å². The maximum atomic E-state index is 12.4. The third-order valence-corrected chi connectivity index (χ3v) is 4.21. The number of carbonyl (C=O) groups is 3. The number of carboxylic acid groups (broad SMARTS) is 1. The average molecular weight is 319 g/mol. The SMILES string of the molecule is CN(C)C(=O)C1(CNC(=O)c2cccc(C(=O)O)n2)CCCC1. The van der Waals surface area contributed by atoms with Crippen molar-refractivity contribution in [1.82, 2.24) is 15.2 Å². The predicted molar refractivity (Wildman–Crippen MR) is 83.1 cm³/mol. The van der Waals surface area contributed by atoms with E-state index in [0.717, 1.165) is 25.7 Å². The van der Waals surface area contributed by atoms with Gasteiger partial charge in [0, 0.05) is 20.6 Å². The molecule has 0 radical (unpaired) electrons. The van der Waals surface area contributed by atoms with Gasteiger partial charge in [0.05, 0.1) is 5.41 Å². The van der Waals surface area contributed by atoms with Crippen molar-refractivity contribution < 1.29 is 19.5 Å². The summed E-state index contributed by atoms with van der Waals surface area (Å²) >= 11 is 0. The molecule has 1 aromatic heterocycles. The van der Waals surface area contributed by atoms with Gasteiger partial charge in [-0.2, -0.15) is 0 Å². The van der Waals surface area contributed by atoms with Crippen LogP contribution in [0, 0.1) is 5.41 Å². The third kappa shape index (κ3) is 3.67. The third-order valence-electron chi connectivity index (χ3n) is 4.21. The number of rotatable bonds is 5. The molecular formula is C16H21N3O4. The molecule has 7 heteroatoms. The molecule has 1 aromatic rings. The summed E-state index contributed by atoms with van der Waals surface area (Å²) in [4.78, 5) is 40.9. The molecule has 0 spiro atoms. The molecule has 0 saturated heterocycles. The first-order valence-corrected chi connectivity index (χ1v) is 7.56. The lowest BCUT2D eigenvalue weighted by Crippen LogP contribution is -2.46. The van der Waals surface area contributed by atoms with Crippen LogP contribution in [0.25, 0.3) is 0 Å². The van der Waals surface area contributed by atoms with Crippen LogP contribution in [-0.2, 0) is 4.79 Å². The summed E-state index contributed by atoms with van der Waals surface area (Å²) in [7, 11) is 3.42. The van der Waals surface area contributed by atoms with Gasteiger partial charge in [-0.15, -0.1) is 0 Å². The first kappa shape index (κ1) is 16.9. The van der Waals surface area contributed by atoms with E-state index in [1.807, 2.05) is 0 Å². The number of carbonyl (C=O) groups excluding carboxylic acids is 2. The van der Waals surface area contributed by atoms with Gasteiger partial charge in [-0.05, 0) is 25.0 Å². The van der Waals surface area contributed by atoms with Crippen LogP contribution in [-0.4, -0.2) is 53.4 Å². The largest absolute Gasteiger partial charge is 0.477 e. The number of hydrogen-bond acceptors (Lipinski definition) is 4. The number of carboxylic acids is 1. The molecule has 1 saturated carbocycles. The molecule has 0 atom stereocenters. The number of pyridine rings is 1. The quantitative estimate of drug-likeness (QED) is 0.848. The number of aromatic nitrogens is 1. The van der Waals surface area contributed by atoms with Crippen molar-refractivity contribution in [2.45, 2.75) is 25.7 Å². The van der Waals surface area contributed by atoms with Gasteiger partial charge in [0.1, 0.15) is 11.4 Å². The highest BCUT2D eigenvalue weighted by molar-refractivity contribution is 5.94. The number of aromatic carboxylic acids is 1. The highest BCUT2D eigenvalue weighted by Crippen LogP contribution is 2.38. The predicted octanol–water partition coefficient (Wildman–Crippen LogP) is 1.16. The highest BCUT2D eigenvalue weighted by atomic mass is 16.4. The van der Waals surface area contributed by atoms with Crippen molar-refractivity contribution in [1.29, 1.82) is 0 Å². The van der Waals surface area contributed by atoms with E-state index in [2.05, 4.69) is 10.3 Å². The molecule has 1 heterocycles. The van der Waals surface area contributed by atoms with E-state index in [4.69, 9.17) is 5.11 Å². The van der Waals surface area contributed by atoms with Crippen LogP contribution in [0.1, 0.15) is 46.7 Å². The first-order valence-electron chi connectivity index (χ1n) is 7.56. The summed E-state index contributed by atoms with van der Waals surface area (Å²) in [6, 6.07) is 4.26. The smallest absolute Gasteiger partial charge is 0.354 e. The van der Waals surface area contributed by atoms with E-state index >= 15 is 0 Å². The molecule has 124 valence electrons. The van der Waals surface area contributed by atoms with Gasteiger partial charge in [0.25, 0.3) is 5.91 Å². The van der Waals surface area contributed by atoms with Crippen molar-refractivity contribution in [2.75, 3.05) is 20.6 Å². The standard InChI is InChI=1S/C16H21N3O4/c1-19(2)15(23)16(8-3-4-9-16)10-17-13(20)11-6-5-7-12(18-11)14(21)22/h5-7H,3-4,8-10H2,1-2H3,(H,17,20)(H,21,22). The Morgan fingerprint density at radius 3 is 2.39 bits per heavy atom. The molecule has 0 aromatic carbocycles. The van der Waals surface area contributed by atoms with Crippen LogP contribution in [0.5, 0.6) is 0 Å². The number of nitrogens with one attached hydrogen (secondary N) is 1. The Balaban J connectivity index is 2.09. The van der Waals surface area contributed by atoms with Crippen LogP contribution >= 0.6 is 0 Å². The Bertz CT molecular complexity index is 622. The van der Waals surface area contributed by atoms with Crippen LogP contribution in [0.15, 0.2) is 18.2 Å². The lowest BCUT2D eigenvalue weighted by molar-refractivity contribution is -0.138. The topological polar surface area (TPSA) is 99.6 Å². The number of nitrogens with zero attached hydrogens (tertiary/aromatic N) is 2. The van der Waals surface area contributed by atoms with Crippen molar-refractivity contribution in [3.63, 3.8) is 0 Å². The minimum absolute atomic E-state index is 0.0162. The first-order chi connectivity index (χ1) is 10.9. The van der Waals surface area contributed by atoms with Crippen molar-refractivity contribution in [3.05, 3.63) is 29.6 Å². The van der Waals surface area contributed by atoms with Crippen LogP contribution in [0.2, 0.25) is 0 Å². The lowest BCUT2D eigenvalue weighted by Gasteiger charge is -2.30. The number of amides is 2. The van der Waals surface area contributed by atoms with Gasteiger partial charge in [-0.25, -0.2) is 9.78 Å². The van der Waals surface area contributed by atoms with E-state index in [1.54, 1.807) is 19.0 Å². The van der Waals surface area contributed by atoms with Crippen molar-refractivity contribution in [2.24, 2.45) is 5.41 Å². The molecule has 0 unspecified atom stereocenters. The molecule has 7 nitrogen and oxygen atoms in total. The lowest BCUT2D eigenvalue weighted by atomic mass is 9.84. The summed E-state index contributed by atoms with van der Waals surface area (Å²) in [6.45, 7) is 0.238. The maximum absolute atomic E-state index is 12.4. The fourth-order valence-corrected chi connectivity index (χ4v) is 3.01. The maximum Gasteiger partial charge on any atom is 0.354 e. The molecule has 0 bridgehead atoms. The van der Waals surface area contributed by atoms with Gasteiger partial charge in [-0.1, -0.05) is 18.9 Å². The second kappa shape index (κ2) is 6.76. The molecule has 1 aliphatic rings. The van der Waals surface area contributed by atoms with Gasteiger partial charge in [-0.3, -0.25) is 9.59 Å². The molecule has 1 fully saturated rings. The Kier molecular flexibility index (Phi) is 4.98. The van der Waals surface area contributed by atoms with Crippen LogP contribution < -0.4 is 5.32 Å². The van der Waals surface area contributed by atoms with E-state index in [-0.39, 0.29) is 23.8 Å². The Labute approximate surface area is 134 Å². The highest BCUT2D eigenvalue weighted by Gasteiger charge is 2.42. The molecule has 1 aliphatic carbocycles. The van der Waals surface area contributed by atoms with Gasteiger partial charge in [0.15, 0.2) is 0 Å². The minimum Gasteiger partial charge on any atom is -0.477 e. The summed E-state index contributed by atoms with van der Waals surface area (Å²) in [5.74, 6) is -1.64. The Morgan fingerprint density at radius 1 is 1.22 bits per heavy atom. The summed E-state index contributed by atoms with van der Waals surface area (Å²) in [5, 5.41) is 11.7. The summed E-state index contributed by atoms with van der Waals surface area (Å²) in [6.07, 6.45) is 3.41. The van der Waals surface area contributed by atoms with E-state index < -0.39 is 17.3 Å². The van der Waals surface area contributed by atoms with Crippen LogP contribution in [0.4, 0.5) is 0 Å². The summed E-state index contributed by atoms with van der Waals surface area (Å²) in [5.41, 5.74) is -0.711. The molecular weight excluding hydrogens is 298 g/mol. The van der Waals surface area contributed by atoms with Crippen molar-refractivity contribution in [3.8, 4) is 0 Å².